The summed E-state index contributed by atoms with van der Waals surface area (Å²) in [5.41, 5.74) is 2.36. The molecule has 1 N–H and O–H groups in total. The predicted molar refractivity (Wildman–Crippen MR) is 86.2 cm³/mol. The minimum Gasteiger partial charge on any atom is -0.311 e. The van der Waals surface area contributed by atoms with E-state index < -0.39 is 0 Å². The van der Waals surface area contributed by atoms with Crippen LogP contribution >= 0.6 is 11.6 Å². The zero-order chi connectivity index (χ0) is 14.4. The first-order chi connectivity index (χ1) is 9.80. The summed E-state index contributed by atoms with van der Waals surface area (Å²) in [6, 6.07) is 8.44. The quantitative estimate of drug-likeness (QED) is 0.750. The van der Waals surface area contributed by atoms with Crippen molar-refractivity contribution in [3.8, 4) is 0 Å². The molecule has 3 nitrogen and oxygen atoms in total. The molecule has 0 radical (unpaired) electrons. The number of aromatic nitrogens is 2. The van der Waals surface area contributed by atoms with Crippen LogP contribution in [-0.2, 0) is 13.1 Å². The number of para-hydroxylation sites is 1. The van der Waals surface area contributed by atoms with Gasteiger partial charge in [0.25, 0.3) is 0 Å². The molecule has 0 aliphatic heterocycles. The molecule has 0 amide bonds. The fourth-order valence-corrected chi connectivity index (χ4v) is 2.88. The Hall–Kier alpha value is -1.06. The normalized spacial score (nSPS) is 12.9. The van der Waals surface area contributed by atoms with Gasteiger partial charge in [0, 0.05) is 24.4 Å². The van der Waals surface area contributed by atoms with Gasteiger partial charge in [-0.05, 0) is 31.9 Å². The van der Waals surface area contributed by atoms with E-state index in [9.17, 15) is 0 Å². The summed E-state index contributed by atoms with van der Waals surface area (Å²) >= 11 is 5.83. The molecule has 1 atom stereocenters. The SMILES string of the molecule is CCC(CCCl)CNCc1nn(CC)c2ccccc12. The highest BCUT2D eigenvalue weighted by Crippen LogP contribution is 2.18. The third-order valence-corrected chi connectivity index (χ3v) is 4.07. The zero-order valence-electron chi connectivity index (χ0n) is 12.4. The molecule has 1 aromatic carbocycles. The van der Waals surface area contributed by atoms with Gasteiger partial charge in [-0.15, -0.1) is 11.6 Å². The average Bonchev–Trinajstić information content (AvgIpc) is 2.85. The van der Waals surface area contributed by atoms with E-state index in [1.807, 2.05) is 0 Å². The number of nitrogens with one attached hydrogen (secondary N) is 1. The van der Waals surface area contributed by atoms with Gasteiger partial charge in [0.05, 0.1) is 11.2 Å². The number of benzene rings is 1. The van der Waals surface area contributed by atoms with Gasteiger partial charge >= 0.3 is 0 Å². The van der Waals surface area contributed by atoms with Crippen LogP contribution in [0.2, 0.25) is 0 Å². The van der Waals surface area contributed by atoms with Crippen molar-refractivity contribution in [2.45, 2.75) is 39.8 Å². The fraction of sp³-hybridized carbons (Fsp3) is 0.562. The third kappa shape index (κ3) is 3.53. The van der Waals surface area contributed by atoms with Crippen LogP contribution in [0.15, 0.2) is 24.3 Å². The molecule has 20 heavy (non-hydrogen) atoms. The van der Waals surface area contributed by atoms with Gasteiger partial charge in [-0.25, -0.2) is 0 Å². The van der Waals surface area contributed by atoms with Gasteiger partial charge < -0.3 is 5.32 Å². The number of hydrogen-bond donors (Lipinski definition) is 1. The maximum atomic E-state index is 5.83. The zero-order valence-corrected chi connectivity index (χ0v) is 13.2. The van der Waals surface area contributed by atoms with Crippen LogP contribution in [0.1, 0.15) is 32.4 Å². The summed E-state index contributed by atoms with van der Waals surface area (Å²) in [5.74, 6) is 1.40. The molecular weight excluding hydrogens is 270 g/mol. The van der Waals surface area contributed by atoms with Gasteiger partial charge in [0.2, 0.25) is 0 Å². The molecule has 4 heteroatoms. The first-order valence-electron chi connectivity index (χ1n) is 7.51. The van der Waals surface area contributed by atoms with Gasteiger partial charge in [-0.1, -0.05) is 31.5 Å². The van der Waals surface area contributed by atoms with E-state index in [4.69, 9.17) is 16.7 Å². The highest BCUT2D eigenvalue weighted by molar-refractivity contribution is 6.17. The Morgan fingerprint density at radius 1 is 1.30 bits per heavy atom. The molecule has 0 saturated carbocycles. The number of hydrogen-bond acceptors (Lipinski definition) is 2. The molecule has 0 fully saturated rings. The Labute approximate surface area is 126 Å². The maximum absolute atomic E-state index is 5.83. The lowest BCUT2D eigenvalue weighted by Gasteiger charge is -2.13. The van der Waals surface area contributed by atoms with Crippen LogP contribution in [0.5, 0.6) is 0 Å². The van der Waals surface area contributed by atoms with Crippen LogP contribution in [-0.4, -0.2) is 22.2 Å². The van der Waals surface area contributed by atoms with Crippen LogP contribution < -0.4 is 5.32 Å². The molecule has 0 spiro atoms. The van der Waals surface area contributed by atoms with Gasteiger partial charge in [0.1, 0.15) is 0 Å². The lowest BCUT2D eigenvalue weighted by atomic mass is 10.0. The summed E-state index contributed by atoms with van der Waals surface area (Å²) < 4.78 is 2.07. The van der Waals surface area contributed by atoms with E-state index in [0.29, 0.717) is 5.92 Å². The Kier molecular flexibility index (Phi) is 5.86. The number of fused-ring (bicyclic) bond motifs is 1. The second-order valence-electron chi connectivity index (χ2n) is 5.16. The minimum atomic E-state index is 0.659. The molecule has 2 rings (SSSR count). The monoisotopic (exact) mass is 293 g/mol. The molecular formula is C16H24ClN3. The molecule has 1 unspecified atom stereocenters. The molecule has 2 aromatic rings. The fourth-order valence-electron chi connectivity index (χ4n) is 2.57. The summed E-state index contributed by atoms with van der Waals surface area (Å²) in [4.78, 5) is 0. The standard InChI is InChI=1S/C16H24ClN3/c1-3-13(9-10-17)11-18-12-15-14-7-5-6-8-16(14)20(4-2)19-15/h5-8,13,18H,3-4,9-12H2,1-2H3. The topological polar surface area (TPSA) is 29.9 Å². The Morgan fingerprint density at radius 3 is 2.80 bits per heavy atom. The average molecular weight is 294 g/mol. The van der Waals surface area contributed by atoms with E-state index in [2.05, 4.69) is 48.1 Å². The minimum absolute atomic E-state index is 0.659. The van der Waals surface area contributed by atoms with Crippen LogP contribution in [0.25, 0.3) is 10.9 Å². The van der Waals surface area contributed by atoms with Gasteiger partial charge in [-0.2, -0.15) is 5.10 Å². The number of aryl methyl sites for hydroxylation is 1. The van der Waals surface area contributed by atoms with Gasteiger partial charge in [-0.3, -0.25) is 4.68 Å². The van der Waals surface area contributed by atoms with Crippen molar-refractivity contribution in [1.82, 2.24) is 15.1 Å². The van der Waals surface area contributed by atoms with Crippen molar-refractivity contribution in [2.75, 3.05) is 12.4 Å². The van der Waals surface area contributed by atoms with Crippen molar-refractivity contribution < 1.29 is 0 Å². The predicted octanol–water partition coefficient (Wildman–Crippen LogP) is 3.80. The molecule has 0 bridgehead atoms. The van der Waals surface area contributed by atoms with Crippen molar-refractivity contribution in [1.29, 1.82) is 0 Å². The van der Waals surface area contributed by atoms with Crippen molar-refractivity contribution in [2.24, 2.45) is 5.92 Å². The molecule has 0 aliphatic carbocycles. The molecule has 0 saturated heterocycles. The molecule has 110 valence electrons. The second-order valence-corrected chi connectivity index (χ2v) is 5.54. The highest BCUT2D eigenvalue weighted by atomic mass is 35.5. The Balaban J connectivity index is 2.03. The lowest BCUT2D eigenvalue weighted by molar-refractivity contribution is 0.449. The second kappa shape index (κ2) is 7.65. The summed E-state index contributed by atoms with van der Waals surface area (Å²) in [7, 11) is 0. The van der Waals surface area contributed by atoms with Crippen molar-refractivity contribution in [3.63, 3.8) is 0 Å². The van der Waals surface area contributed by atoms with Crippen LogP contribution in [0, 0.1) is 5.92 Å². The first-order valence-corrected chi connectivity index (χ1v) is 8.04. The van der Waals surface area contributed by atoms with Gasteiger partial charge in [0.15, 0.2) is 0 Å². The number of rotatable bonds is 8. The Bertz CT molecular complexity index is 536. The number of nitrogens with zero attached hydrogens (tertiary/aromatic N) is 2. The van der Waals surface area contributed by atoms with E-state index in [1.54, 1.807) is 0 Å². The largest absolute Gasteiger partial charge is 0.311 e. The van der Waals surface area contributed by atoms with E-state index in [-0.39, 0.29) is 0 Å². The van der Waals surface area contributed by atoms with Crippen LogP contribution in [0.4, 0.5) is 0 Å². The van der Waals surface area contributed by atoms with E-state index in [0.717, 1.165) is 37.6 Å². The Morgan fingerprint density at radius 2 is 2.10 bits per heavy atom. The number of halogens is 1. The van der Waals surface area contributed by atoms with Crippen molar-refractivity contribution in [3.05, 3.63) is 30.0 Å². The summed E-state index contributed by atoms with van der Waals surface area (Å²) in [6.07, 6.45) is 2.25. The van der Waals surface area contributed by atoms with Crippen LogP contribution in [0.3, 0.4) is 0 Å². The number of alkyl halides is 1. The third-order valence-electron chi connectivity index (χ3n) is 3.85. The van der Waals surface area contributed by atoms with Crippen molar-refractivity contribution >= 4 is 22.5 Å². The highest BCUT2D eigenvalue weighted by Gasteiger charge is 2.10. The maximum Gasteiger partial charge on any atom is 0.0841 e. The van der Waals surface area contributed by atoms with E-state index in [1.165, 1.54) is 17.3 Å². The lowest BCUT2D eigenvalue weighted by Crippen LogP contribution is -2.22. The molecule has 1 heterocycles. The first kappa shape index (κ1) is 15.3. The smallest absolute Gasteiger partial charge is 0.0841 e. The summed E-state index contributed by atoms with van der Waals surface area (Å²) in [6.45, 7) is 7.09. The summed E-state index contributed by atoms with van der Waals surface area (Å²) in [5, 5.41) is 9.49. The molecule has 1 aromatic heterocycles. The van der Waals surface area contributed by atoms with E-state index >= 15 is 0 Å². The molecule has 0 aliphatic rings.